The lowest BCUT2D eigenvalue weighted by molar-refractivity contribution is 0.929. The molecule has 0 atom stereocenters. The molecule has 1 aromatic carbocycles. The number of rotatable bonds is 3. The van der Waals surface area contributed by atoms with Crippen molar-refractivity contribution < 1.29 is 0 Å². The Morgan fingerprint density at radius 3 is 2.81 bits per heavy atom. The lowest BCUT2D eigenvalue weighted by Gasteiger charge is -2.20. The predicted octanol–water partition coefficient (Wildman–Crippen LogP) is 3.62. The average Bonchev–Trinajstić information content (AvgIpc) is 2.70. The maximum absolute atomic E-state index is 5.93. The fourth-order valence-corrected chi connectivity index (χ4v) is 2.46. The number of hydrogen-bond acceptors (Lipinski definition) is 3. The summed E-state index contributed by atoms with van der Waals surface area (Å²) < 4.78 is 0. The van der Waals surface area contributed by atoms with E-state index < -0.39 is 0 Å². The zero-order chi connectivity index (χ0) is 11.5. The molecule has 2 N–H and O–H groups in total. The van der Waals surface area contributed by atoms with Gasteiger partial charge in [0.2, 0.25) is 0 Å². The van der Waals surface area contributed by atoms with Crippen LogP contribution in [0.25, 0.3) is 0 Å². The second-order valence-electron chi connectivity index (χ2n) is 3.69. The first-order valence-electron chi connectivity index (χ1n) is 4.94. The van der Waals surface area contributed by atoms with Crippen molar-refractivity contribution in [3.63, 3.8) is 0 Å². The highest BCUT2D eigenvalue weighted by Gasteiger charge is 2.06. The van der Waals surface area contributed by atoms with E-state index >= 15 is 0 Å². The summed E-state index contributed by atoms with van der Waals surface area (Å²) in [6.07, 6.45) is 0. The molecule has 84 valence electrons. The van der Waals surface area contributed by atoms with E-state index in [4.69, 9.17) is 17.3 Å². The van der Waals surface area contributed by atoms with Crippen molar-refractivity contribution in [1.82, 2.24) is 0 Å². The summed E-state index contributed by atoms with van der Waals surface area (Å²) in [5.74, 6) is 0. The first-order valence-corrected chi connectivity index (χ1v) is 6.26. The molecule has 2 aromatic rings. The SMILES string of the molecule is CN(Cc1ccsc1)c1ccc(Cl)cc1N. The van der Waals surface area contributed by atoms with Gasteiger partial charge in [0.05, 0.1) is 11.4 Å². The average molecular weight is 253 g/mol. The van der Waals surface area contributed by atoms with Crippen LogP contribution >= 0.6 is 22.9 Å². The molecule has 2 rings (SSSR count). The van der Waals surface area contributed by atoms with Gasteiger partial charge in [0.15, 0.2) is 0 Å². The number of nitrogens with two attached hydrogens (primary N) is 1. The number of nitrogen functional groups attached to an aromatic ring is 1. The number of thiophene rings is 1. The molecule has 4 heteroatoms. The lowest BCUT2D eigenvalue weighted by atomic mass is 10.2. The van der Waals surface area contributed by atoms with Gasteiger partial charge >= 0.3 is 0 Å². The molecule has 0 bridgehead atoms. The summed E-state index contributed by atoms with van der Waals surface area (Å²) in [5.41, 5.74) is 8.94. The third kappa shape index (κ3) is 2.49. The van der Waals surface area contributed by atoms with Gasteiger partial charge in [-0.1, -0.05) is 11.6 Å². The van der Waals surface area contributed by atoms with E-state index in [2.05, 4.69) is 21.7 Å². The minimum absolute atomic E-state index is 0.671. The molecule has 2 nitrogen and oxygen atoms in total. The Bertz CT molecular complexity index is 468. The molecule has 0 saturated heterocycles. The summed E-state index contributed by atoms with van der Waals surface area (Å²) in [5, 5.41) is 4.89. The van der Waals surface area contributed by atoms with Gasteiger partial charge in [0.25, 0.3) is 0 Å². The molecule has 0 amide bonds. The minimum Gasteiger partial charge on any atom is -0.397 e. The van der Waals surface area contributed by atoms with Crippen LogP contribution in [0.1, 0.15) is 5.56 Å². The van der Waals surface area contributed by atoms with E-state index in [-0.39, 0.29) is 0 Å². The minimum atomic E-state index is 0.671. The molecule has 0 aliphatic rings. The van der Waals surface area contributed by atoms with E-state index in [1.807, 2.05) is 19.2 Å². The summed E-state index contributed by atoms with van der Waals surface area (Å²) >= 11 is 7.57. The molecular formula is C12H13ClN2S. The Kier molecular flexibility index (Phi) is 3.36. The van der Waals surface area contributed by atoms with Gasteiger partial charge in [-0.05, 0) is 40.6 Å². The summed E-state index contributed by atoms with van der Waals surface area (Å²) in [4.78, 5) is 2.12. The van der Waals surface area contributed by atoms with Crippen molar-refractivity contribution in [1.29, 1.82) is 0 Å². The van der Waals surface area contributed by atoms with Crippen LogP contribution in [0.3, 0.4) is 0 Å². The van der Waals surface area contributed by atoms with Crippen LogP contribution in [0, 0.1) is 0 Å². The van der Waals surface area contributed by atoms with Crippen LogP contribution in [0.2, 0.25) is 5.02 Å². The van der Waals surface area contributed by atoms with Crippen molar-refractivity contribution in [3.8, 4) is 0 Å². The molecule has 0 saturated carbocycles. The van der Waals surface area contributed by atoms with E-state index in [9.17, 15) is 0 Å². The first-order chi connectivity index (χ1) is 7.66. The van der Waals surface area contributed by atoms with Crippen molar-refractivity contribution in [3.05, 3.63) is 45.6 Å². The second kappa shape index (κ2) is 4.76. The van der Waals surface area contributed by atoms with Crippen LogP contribution in [-0.2, 0) is 6.54 Å². The molecular weight excluding hydrogens is 240 g/mol. The molecule has 1 heterocycles. The van der Waals surface area contributed by atoms with Crippen molar-refractivity contribution >= 4 is 34.3 Å². The number of halogens is 1. The van der Waals surface area contributed by atoms with Crippen LogP contribution in [-0.4, -0.2) is 7.05 Å². The molecule has 0 radical (unpaired) electrons. The number of nitrogens with zero attached hydrogens (tertiary/aromatic N) is 1. The van der Waals surface area contributed by atoms with Crippen LogP contribution < -0.4 is 10.6 Å². The topological polar surface area (TPSA) is 29.3 Å². The first kappa shape index (κ1) is 11.3. The van der Waals surface area contributed by atoms with Gasteiger partial charge in [0, 0.05) is 18.6 Å². The molecule has 0 aliphatic carbocycles. The van der Waals surface area contributed by atoms with Gasteiger partial charge in [-0.3, -0.25) is 0 Å². The zero-order valence-corrected chi connectivity index (χ0v) is 10.6. The van der Waals surface area contributed by atoms with Crippen molar-refractivity contribution in [2.45, 2.75) is 6.54 Å². The summed E-state index contributed by atoms with van der Waals surface area (Å²) in [6.45, 7) is 0.856. The van der Waals surface area contributed by atoms with Gasteiger partial charge in [-0.15, -0.1) is 0 Å². The standard InChI is InChI=1S/C12H13ClN2S/c1-15(7-9-4-5-16-8-9)12-3-2-10(13)6-11(12)14/h2-6,8H,7,14H2,1H3. The number of benzene rings is 1. The number of anilines is 2. The third-order valence-electron chi connectivity index (χ3n) is 2.40. The maximum Gasteiger partial charge on any atom is 0.0601 e. The highest BCUT2D eigenvalue weighted by Crippen LogP contribution is 2.26. The van der Waals surface area contributed by atoms with Gasteiger partial charge in [-0.2, -0.15) is 11.3 Å². The Labute approximate surface area is 104 Å². The number of hydrogen-bond donors (Lipinski definition) is 1. The summed E-state index contributed by atoms with van der Waals surface area (Å²) in [6, 6.07) is 7.70. The van der Waals surface area contributed by atoms with Crippen molar-refractivity contribution in [2.24, 2.45) is 0 Å². The van der Waals surface area contributed by atoms with Crippen LogP contribution in [0.15, 0.2) is 35.0 Å². The maximum atomic E-state index is 5.93. The molecule has 16 heavy (non-hydrogen) atoms. The Hall–Kier alpha value is -1.19. The quantitative estimate of drug-likeness (QED) is 0.846. The largest absolute Gasteiger partial charge is 0.397 e. The zero-order valence-electron chi connectivity index (χ0n) is 8.98. The van der Waals surface area contributed by atoms with E-state index in [1.165, 1.54) is 5.56 Å². The summed E-state index contributed by atoms with van der Waals surface area (Å²) in [7, 11) is 2.03. The predicted molar refractivity (Wildman–Crippen MR) is 72.3 cm³/mol. The second-order valence-corrected chi connectivity index (χ2v) is 4.91. The lowest BCUT2D eigenvalue weighted by Crippen LogP contribution is -2.17. The monoisotopic (exact) mass is 252 g/mol. The van der Waals surface area contributed by atoms with E-state index in [0.29, 0.717) is 10.7 Å². The van der Waals surface area contributed by atoms with Gasteiger partial charge in [0.1, 0.15) is 0 Å². The smallest absolute Gasteiger partial charge is 0.0601 e. The van der Waals surface area contributed by atoms with Crippen molar-refractivity contribution in [2.75, 3.05) is 17.7 Å². The Morgan fingerprint density at radius 2 is 2.19 bits per heavy atom. The van der Waals surface area contributed by atoms with E-state index in [1.54, 1.807) is 17.4 Å². The Morgan fingerprint density at radius 1 is 1.38 bits per heavy atom. The molecule has 1 aromatic heterocycles. The molecule has 0 spiro atoms. The molecule has 0 aliphatic heterocycles. The Balaban J connectivity index is 2.17. The molecule has 0 fully saturated rings. The fraction of sp³-hybridized carbons (Fsp3) is 0.167. The highest BCUT2D eigenvalue weighted by molar-refractivity contribution is 7.07. The third-order valence-corrected chi connectivity index (χ3v) is 3.37. The van der Waals surface area contributed by atoms with Gasteiger partial charge in [-0.25, -0.2) is 0 Å². The highest BCUT2D eigenvalue weighted by atomic mass is 35.5. The fourth-order valence-electron chi connectivity index (χ4n) is 1.61. The van der Waals surface area contributed by atoms with Crippen LogP contribution in [0.5, 0.6) is 0 Å². The van der Waals surface area contributed by atoms with Gasteiger partial charge < -0.3 is 10.6 Å². The van der Waals surface area contributed by atoms with E-state index in [0.717, 1.165) is 12.2 Å². The van der Waals surface area contributed by atoms with Crippen LogP contribution in [0.4, 0.5) is 11.4 Å². The normalized spacial score (nSPS) is 10.4. The molecule has 0 unspecified atom stereocenters.